The van der Waals surface area contributed by atoms with Gasteiger partial charge in [0.1, 0.15) is 12.3 Å². The summed E-state index contributed by atoms with van der Waals surface area (Å²) in [5, 5.41) is 12.2. The van der Waals surface area contributed by atoms with Crippen LogP contribution >= 0.6 is 0 Å². The van der Waals surface area contributed by atoms with Crippen molar-refractivity contribution >= 4 is 23.2 Å². The molecule has 0 bridgehead atoms. The molecular formula is C16H14N2O3. The van der Waals surface area contributed by atoms with Crippen LogP contribution in [0.15, 0.2) is 48.5 Å². The van der Waals surface area contributed by atoms with Gasteiger partial charge in [0.25, 0.3) is 0 Å². The molecule has 0 spiro atoms. The minimum atomic E-state index is -0.210. The van der Waals surface area contributed by atoms with Crippen molar-refractivity contribution in [3.63, 3.8) is 0 Å². The first-order chi connectivity index (χ1) is 10.1. The lowest BCUT2D eigenvalue weighted by atomic mass is 10.1. The van der Waals surface area contributed by atoms with E-state index in [4.69, 9.17) is 0 Å². The second kappa shape index (κ2) is 5.28. The molecule has 0 saturated carbocycles. The first-order valence-corrected chi connectivity index (χ1v) is 6.60. The van der Waals surface area contributed by atoms with Gasteiger partial charge in [0.15, 0.2) is 0 Å². The van der Waals surface area contributed by atoms with Crippen LogP contribution in [0.5, 0.6) is 5.75 Å². The number of hydrogen-bond acceptors (Lipinski definition) is 3. The smallest absolute Gasteiger partial charge is 0.244 e. The maximum atomic E-state index is 12.5. The number of rotatable bonds is 2. The Morgan fingerprint density at radius 1 is 1.19 bits per heavy atom. The van der Waals surface area contributed by atoms with E-state index in [1.165, 1.54) is 4.90 Å². The van der Waals surface area contributed by atoms with Crippen molar-refractivity contribution in [1.29, 1.82) is 0 Å². The summed E-state index contributed by atoms with van der Waals surface area (Å²) in [6, 6.07) is 13.8. The number of anilines is 2. The summed E-state index contributed by atoms with van der Waals surface area (Å²) in [7, 11) is 0. The highest BCUT2D eigenvalue weighted by Crippen LogP contribution is 2.29. The number of benzene rings is 2. The summed E-state index contributed by atoms with van der Waals surface area (Å²) in [6.07, 6.45) is 0.135. The fourth-order valence-electron chi connectivity index (χ4n) is 2.39. The molecule has 2 amide bonds. The number of carbonyl (C=O) groups excluding carboxylic acids is 2. The van der Waals surface area contributed by atoms with Gasteiger partial charge in [-0.3, -0.25) is 9.59 Å². The third-order valence-electron chi connectivity index (χ3n) is 3.34. The third kappa shape index (κ3) is 2.72. The predicted octanol–water partition coefficient (Wildman–Crippen LogP) is 1.92. The number of phenolic OH excluding ortho intramolecular Hbond substituents is 1. The monoisotopic (exact) mass is 282 g/mol. The summed E-state index contributed by atoms with van der Waals surface area (Å²) in [6.45, 7) is 0.00859. The quantitative estimate of drug-likeness (QED) is 0.884. The summed E-state index contributed by atoms with van der Waals surface area (Å²) >= 11 is 0. The van der Waals surface area contributed by atoms with E-state index in [0.29, 0.717) is 16.9 Å². The fraction of sp³-hybridized carbons (Fsp3) is 0.125. The second-order valence-corrected chi connectivity index (χ2v) is 4.89. The molecule has 5 heteroatoms. The van der Waals surface area contributed by atoms with Crippen molar-refractivity contribution in [1.82, 2.24) is 0 Å². The van der Waals surface area contributed by atoms with Crippen molar-refractivity contribution in [2.45, 2.75) is 6.42 Å². The van der Waals surface area contributed by atoms with E-state index in [0.717, 1.165) is 0 Å². The van der Waals surface area contributed by atoms with Crippen LogP contribution in [-0.2, 0) is 16.0 Å². The lowest BCUT2D eigenvalue weighted by Gasteiger charge is -2.29. The molecule has 5 nitrogen and oxygen atoms in total. The Labute approximate surface area is 121 Å². The molecule has 106 valence electrons. The zero-order valence-corrected chi connectivity index (χ0v) is 11.2. The Hall–Kier alpha value is -2.82. The largest absolute Gasteiger partial charge is 0.508 e. The normalized spacial score (nSPS) is 13.5. The van der Waals surface area contributed by atoms with Gasteiger partial charge in [0.2, 0.25) is 11.8 Å². The van der Waals surface area contributed by atoms with Gasteiger partial charge in [-0.1, -0.05) is 24.3 Å². The van der Waals surface area contributed by atoms with E-state index < -0.39 is 0 Å². The Bertz CT molecular complexity index is 712. The minimum Gasteiger partial charge on any atom is -0.508 e. The highest BCUT2D eigenvalue weighted by molar-refractivity contribution is 6.10. The number of nitrogens with zero attached hydrogens (tertiary/aromatic N) is 1. The number of phenols is 1. The van der Waals surface area contributed by atoms with Crippen molar-refractivity contribution in [3.05, 3.63) is 54.1 Å². The van der Waals surface area contributed by atoms with Gasteiger partial charge in [-0.15, -0.1) is 0 Å². The molecule has 0 fully saturated rings. The topological polar surface area (TPSA) is 69.6 Å². The summed E-state index contributed by atoms with van der Waals surface area (Å²) in [5.74, 6) is -0.266. The van der Waals surface area contributed by atoms with Crippen molar-refractivity contribution in [2.75, 3.05) is 16.8 Å². The van der Waals surface area contributed by atoms with E-state index in [2.05, 4.69) is 5.32 Å². The molecule has 2 aromatic carbocycles. The molecule has 0 atom stereocenters. The first kappa shape index (κ1) is 13.2. The van der Waals surface area contributed by atoms with Gasteiger partial charge in [-0.2, -0.15) is 0 Å². The lowest BCUT2D eigenvalue weighted by molar-refractivity contribution is -0.121. The number of hydrogen-bond donors (Lipinski definition) is 2. The predicted molar refractivity (Wildman–Crippen MR) is 79.2 cm³/mol. The number of aromatic hydroxyl groups is 1. The highest BCUT2D eigenvalue weighted by atomic mass is 16.3. The second-order valence-electron chi connectivity index (χ2n) is 4.89. The SMILES string of the molecule is O=C1CN(C(=O)Cc2cccc(O)c2)c2ccccc2N1. The van der Waals surface area contributed by atoms with E-state index in [1.54, 1.807) is 36.4 Å². The molecule has 1 heterocycles. The van der Waals surface area contributed by atoms with Crippen LogP contribution in [0.1, 0.15) is 5.56 Å². The minimum absolute atomic E-state index is 0.00859. The Kier molecular flexibility index (Phi) is 3.31. The number of carbonyl (C=O) groups is 2. The van der Waals surface area contributed by atoms with Crippen LogP contribution in [0.3, 0.4) is 0 Å². The maximum Gasteiger partial charge on any atom is 0.244 e. The molecule has 0 aromatic heterocycles. The number of nitrogens with one attached hydrogen (secondary N) is 1. The molecule has 2 aromatic rings. The standard InChI is InChI=1S/C16H14N2O3/c19-12-5-3-4-11(8-12)9-16(21)18-10-15(20)17-13-6-1-2-7-14(13)18/h1-8,19H,9-10H2,(H,17,20). The van der Waals surface area contributed by atoms with Gasteiger partial charge in [-0.25, -0.2) is 0 Å². The van der Waals surface area contributed by atoms with Crippen LogP contribution in [-0.4, -0.2) is 23.5 Å². The molecule has 3 rings (SSSR count). The number of amides is 2. The van der Waals surface area contributed by atoms with Gasteiger partial charge >= 0.3 is 0 Å². The van der Waals surface area contributed by atoms with Crippen molar-refractivity contribution < 1.29 is 14.7 Å². The molecule has 0 saturated heterocycles. The van der Waals surface area contributed by atoms with Gasteiger partial charge < -0.3 is 15.3 Å². The van der Waals surface area contributed by atoms with E-state index in [1.807, 2.05) is 12.1 Å². The lowest BCUT2D eigenvalue weighted by Crippen LogP contribution is -2.42. The van der Waals surface area contributed by atoms with E-state index in [9.17, 15) is 14.7 Å². The van der Waals surface area contributed by atoms with Crippen molar-refractivity contribution in [3.8, 4) is 5.75 Å². The number of fused-ring (bicyclic) bond motifs is 1. The Morgan fingerprint density at radius 2 is 2.00 bits per heavy atom. The van der Waals surface area contributed by atoms with E-state index >= 15 is 0 Å². The van der Waals surface area contributed by atoms with Crippen LogP contribution in [0.2, 0.25) is 0 Å². The average Bonchev–Trinajstić information content (AvgIpc) is 2.46. The maximum absolute atomic E-state index is 12.5. The first-order valence-electron chi connectivity index (χ1n) is 6.60. The average molecular weight is 282 g/mol. The summed E-state index contributed by atoms with van der Waals surface area (Å²) in [5.41, 5.74) is 2.05. The van der Waals surface area contributed by atoms with Crippen molar-refractivity contribution in [2.24, 2.45) is 0 Å². The highest BCUT2D eigenvalue weighted by Gasteiger charge is 2.26. The van der Waals surface area contributed by atoms with E-state index in [-0.39, 0.29) is 30.5 Å². The zero-order chi connectivity index (χ0) is 14.8. The third-order valence-corrected chi connectivity index (χ3v) is 3.34. The molecular weight excluding hydrogens is 268 g/mol. The van der Waals surface area contributed by atoms with Crippen LogP contribution in [0.4, 0.5) is 11.4 Å². The van der Waals surface area contributed by atoms with Gasteiger partial charge in [0.05, 0.1) is 17.8 Å². The molecule has 21 heavy (non-hydrogen) atoms. The zero-order valence-electron chi connectivity index (χ0n) is 11.2. The van der Waals surface area contributed by atoms with Crippen LogP contribution in [0.25, 0.3) is 0 Å². The Balaban J connectivity index is 1.86. The molecule has 0 unspecified atom stereocenters. The number of para-hydroxylation sites is 2. The fourth-order valence-corrected chi connectivity index (χ4v) is 2.39. The van der Waals surface area contributed by atoms with Crippen LogP contribution < -0.4 is 10.2 Å². The molecule has 0 radical (unpaired) electrons. The Morgan fingerprint density at radius 3 is 2.81 bits per heavy atom. The van der Waals surface area contributed by atoms with Crippen LogP contribution in [0, 0.1) is 0 Å². The molecule has 2 N–H and O–H groups in total. The molecule has 0 aliphatic carbocycles. The summed E-state index contributed by atoms with van der Waals surface area (Å²) in [4.78, 5) is 25.6. The van der Waals surface area contributed by atoms with Gasteiger partial charge in [0, 0.05) is 0 Å². The molecule has 1 aliphatic heterocycles. The molecule has 1 aliphatic rings. The summed E-state index contributed by atoms with van der Waals surface area (Å²) < 4.78 is 0. The van der Waals surface area contributed by atoms with Gasteiger partial charge in [-0.05, 0) is 29.8 Å².